The van der Waals surface area contributed by atoms with Crippen molar-refractivity contribution >= 4 is 17.1 Å². The summed E-state index contributed by atoms with van der Waals surface area (Å²) in [6.07, 6.45) is 7.55. The van der Waals surface area contributed by atoms with Gasteiger partial charge in [-0.1, -0.05) is 42.8 Å². The van der Waals surface area contributed by atoms with Crippen molar-refractivity contribution in [3.05, 3.63) is 89.3 Å². The van der Waals surface area contributed by atoms with E-state index in [1.54, 1.807) is 31.3 Å². The first-order valence-corrected chi connectivity index (χ1v) is 12.0. The zero-order valence-electron chi connectivity index (χ0n) is 19.9. The maximum Gasteiger partial charge on any atom is 0.311 e. The van der Waals surface area contributed by atoms with E-state index in [1.807, 2.05) is 12.2 Å². The number of nitrogens with zero attached hydrogens (tertiary/aromatic N) is 4. The lowest BCUT2D eigenvalue weighted by Crippen LogP contribution is -2.47. The second-order valence-electron chi connectivity index (χ2n) is 9.09. The summed E-state index contributed by atoms with van der Waals surface area (Å²) in [7, 11) is 1.71. The lowest BCUT2D eigenvalue weighted by Gasteiger charge is -2.41. The van der Waals surface area contributed by atoms with Crippen LogP contribution in [-0.2, 0) is 21.3 Å². The van der Waals surface area contributed by atoms with Crippen LogP contribution in [0.15, 0.2) is 60.7 Å². The van der Waals surface area contributed by atoms with Crippen LogP contribution in [0.4, 0.5) is 8.78 Å². The fraction of sp³-hybridized carbons (Fsp3) is 0.333. The van der Waals surface area contributed by atoms with E-state index in [-0.39, 0.29) is 24.0 Å². The molecule has 2 aromatic carbocycles. The molecule has 1 aliphatic carbocycles. The third kappa shape index (κ3) is 5.11. The number of carbonyl (C=O) groups is 1. The minimum absolute atomic E-state index is 0.0883. The maximum absolute atomic E-state index is 13.8. The molecule has 2 fully saturated rings. The Morgan fingerprint density at radius 3 is 2.17 bits per heavy atom. The van der Waals surface area contributed by atoms with Gasteiger partial charge in [0, 0.05) is 25.5 Å². The molecule has 3 aromatic rings. The molecule has 7 nitrogen and oxygen atoms in total. The number of halogens is 2. The number of ether oxygens (including phenoxy) is 2. The molecule has 1 spiro atoms. The molecule has 1 aliphatic heterocycles. The van der Waals surface area contributed by atoms with Crippen molar-refractivity contribution in [2.45, 2.75) is 50.4 Å². The van der Waals surface area contributed by atoms with Gasteiger partial charge in [0.25, 0.3) is 0 Å². The molecule has 1 aromatic heterocycles. The largest absolute Gasteiger partial charge is 0.433 e. The summed E-state index contributed by atoms with van der Waals surface area (Å²) < 4.78 is 41.0. The van der Waals surface area contributed by atoms with E-state index in [4.69, 9.17) is 9.47 Å². The van der Waals surface area contributed by atoms with Gasteiger partial charge in [-0.3, -0.25) is 4.79 Å². The Morgan fingerprint density at radius 2 is 1.61 bits per heavy atom. The SMILES string of the molecule is Cn1nnnc1C(C=C[C@H]1CC(=O)OC2(CCCCC2)O1)=C(c1ccc(F)cc1)c1ccc(F)cc1. The molecule has 0 N–H and O–H groups in total. The molecule has 1 saturated heterocycles. The van der Waals surface area contributed by atoms with E-state index in [1.165, 1.54) is 28.9 Å². The predicted octanol–water partition coefficient (Wildman–Crippen LogP) is 5.00. The summed E-state index contributed by atoms with van der Waals surface area (Å²) in [6, 6.07) is 12.1. The topological polar surface area (TPSA) is 79.1 Å². The van der Waals surface area contributed by atoms with Crippen LogP contribution in [0.1, 0.15) is 55.5 Å². The number of aryl methyl sites for hydroxylation is 1. The molecule has 0 radical (unpaired) electrons. The number of hydrogen-bond donors (Lipinski definition) is 0. The maximum atomic E-state index is 13.8. The third-order valence-corrected chi connectivity index (χ3v) is 6.52. The quantitative estimate of drug-likeness (QED) is 0.369. The van der Waals surface area contributed by atoms with Gasteiger partial charge in [-0.05, 0) is 64.2 Å². The number of esters is 1. The molecule has 0 unspecified atom stereocenters. The standard InChI is InChI=1S/C27H26F2N4O3/c1-33-26(30-31-32-33)23(14-13-22-17-24(34)36-27(35-22)15-3-2-4-16-27)25(18-5-9-20(28)10-6-18)19-7-11-21(29)12-8-19/h5-14,22H,2-4,15-17H2,1H3/t22-/m0/s1. The molecule has 2 aliphatic rings. The zero-order valence-corrected chi connectivity index (χ0v) is 19.9. The van der Waals surface area contributed by atoms with Crippen molar-refractivity contribution in [1.29, 1.82) is 0 Å². The van der Waals surface area contributed by atoms with Crippen molar-refractivity contribution in [1.82, 2.24) is 20.2 Å². The molecule has 0 amide bonds. The fourth-order valence-electron chi connectivity index (χ4n) is 4.81. The van der Waals surface area contributed by atoms with Crippen LogP contribution in [0.3, 0.4) is 0 Å². The number of carbonyl (C=O) groups excluding carboxylic acids is 1. The van der Waals surface area contributed by atoms with Gasteiger partial charge in [-0.25, -0.2) is 13.5 Å². The molecular weight excluding hydrogens is 466 g/mol. The third-order valence-electron chi connectivity index (χ3n) is 6.52. The second kappa shape index (κ2) is 10.1. The Kier molecular flexibility index (Phi) is 6.73. The molecule has 36 heavy (non-hydrogen) atoms. The highest BCUT2D eigenvalue weighted by Crippen LogP contribution is 2.38. The van der Waals surface area contributed by atoms with Gasteiger partial charge >= 0.3 is 5.97 Å². The molecule has 2 heterocycles. The summed E-state index contributed by atoms with van der Waals surface area (Å²) in [5.74, 6) is -1.47. The van der Waals surface area contributed by atoms with E-state index in [0.29, 0.717) is 40.9 Å². The summed E-state index contributed by atoms with van der Waals surface area (Å²) >= 11 is 0. The molecule has 186 valence electrons. The van der Waals surface area contributed by atoms with Crippen LogP contribution in [-0.4, -0.2) is 38.1 Å². The van der Waals surface area contributed by atoms with Crippen LogP contribution in [0, 0.1) is 11.6 Å². The molecule has 5 rings (SSSR count). The summed E-state index contributed by atoms with van der Waals surface area (Å²) in [5, 5.41) is 12.0. The van der Waals surface area contributed by atoms with Gasteiger partial charge in [0.2, 0.25) is 5.79 Å². The Hall–Kier alpha value is -3.72. The van der Waals surface area contributed by atoms with Crippen molar-refractivity contribution in [3.63, 3.8) is 0 Å². The zero-order chi connectivity index (χ0) is 25.1. The Labute approximate surface area is 207 Å². The molecule has 9 heteroatoms. The number of tetrazole rings is 1. The highest BCUT2D eigenvalue weighted by molar-refractivity contribution is 6.00. The van der Waals surface area contributed by atoms with E-state index in [9.17, 15) is 13.6 Å². The van der Waals surface area contributed by atoms with E-state index in [0.717, 1.165) is 19.3 Å². The highest BCUT2D eigenvalue weighted by atomic mass is 19.1. The van der Waals surface area contributed by atoms with Gasteiger partial charge in [0.1, 0.15) is 11.6 Å². The Morgan fingerprint density at radius 1 is 1.00 bits per heavy atom. The minimum Gasteiger partial charge on any atom is -0.433 e. The van der Waals surface area contributed by atoms with Crippen LogP contribution < -0.4 is 0 Å². The number of hydrogen-bond acceptors (Lipinski definition) is 6. The number of allylic oxidation sites excluding steroid dienone is 2. The monoisotopic (exact) mass is 492 g/mol. The van der Waals surface area contributed by atoms with Gasteiger partial charge in [-0.2, -0.15) is 0 Å². The first kappa shape index (κ1) is 24.0. The first-order valence-electron chi connectivity index (χ1n) is 12.0. The first-order chi connectivity index (χ1) is 17.4. The van der Waals surface area contributed by atoms with Gasteiger partial charge < -0.3 is 9.47 Å². The van der Waals surface area contributed by atoms with E-state index >= 15 is 0 Å². The molecule has 1 saturated carbocycles. The summed E-state index contributed by atoms with van der Waals surface area (Å²) in [4.78, 5) is 12.5. The Balaban J connectivity index is 1.62. The minimum atomic E-state index is -0.879. The van der Waals surface area contributed by atoms with Crippen LogP contribution in [0.25, 0.3) is 11.1 Å². The van der Waals surface area contributed by atoms with Crippen molar-refractivity contribution in [3.8, 4) is 0 Å². The molecule has 1 atom stereocenters. The van der Waals surface area contributed by atoms with Crippen molar-refractivity contribution in [2.24, 2.45) is 7.05 Å². The van der Waals surface area contributed by atoms with Crippen LogP contribution >= 0.6 is 0 Å². The van der Waals surface area contributed by atoms with Gasteiger partial charge in [-0.15, -0.1) is 5.10 Å². The Bertz CT molecular complexity index is 1250. The predicted molar refractivity (Wildman–Crippen MR) is 128 cm³/mol. The summed E-state index contributed by atoms with van der Waals surface area (Å²) in [6.45, 7) is 0. The average Bonchev–Trinajstić information content (AvgIpc) is 3.29. The van der Waals surface area contributed by atoms with E-state index in [2.05, 4.69) is 15.5 Å². The van der Waals surface area contributed by atoms with Crippen LogP contribution in [0.5, 0.6) is 0 Å². The average molecular weight is 493 g/mol. The molecular formula is C27H26F2N4O3. The van der Waals surface area contributed by atoms with E-state index < -0.39 is 11.9 Å². The van der Waals surface area contributed by atoms with Crippen molar-refractivity contribution < 1.29 is 23.0 Å². The van der Waals surface area contributed by atoms with Gasteiger partial charge in [0.15, 0.2) is 5.82 Å². The smallest absolute Gasteiger partial charge is 0.311 e. The second-order valence-corrected chi connectivity index (χ2v) is 9.09. The normalized spacial score (nSPS) is 19.4. The highest BCUT2D eigenvalue weighted by Gasteiger charge is 2.43. The number of rotatable bonds is 5. The number of benzene rings is 2. The lowest BCUT2D eigenvalue weighted by atomic mass is 9.91. The van der Waals surface area contributed by atoms with Gasteiger partial charge in [0.05, 0.1) is 12.5 Å². The van der Waals surface area contributed by atoms with Crippen molar-refractivity contribution in [2.75, 3.05) is 0 Å². The number of aromatic nitrogens is 4. The van der Waals surface area contributed by atoms with Crippen LogP contribution in [0.2, 0.25) is 0 Å². The fourth-order valence-corrected chi connectivity index (χ4v) is 4.81. The molecule has 0 bridgehead atoms. The summed E-state index contributed by atoms with van der Waals surface area (Å²) in [5.41, 5.74) is 2.67. The lowest BCUT2D eigenvalue weighted by molar-refractivity contribution is -0.277.